The third kappa shape index (κ3) is 3.21. The highest BCUT2D eigenvalue weighted by Gasteiger charge is 2.09. The molecule has 1 aromatic carbocycles. The molecule has 2 rings (SSSR count). The average Bonchev–Trinajstić information content (AvgIpc) is 2.69. The number of hydrogen-bond acceptors (Lipinski definition) is 2. The highest BCUT2D eigenvalue weighted by molar-refractivity contribution is 9.10. The van der Waals surface area contributed by atoms with Crippen LogP contribution in [0.4, 0.5) is 4.39 Å². The minimum Gasteiger partial charge on any atom is -0.469 e. The maximum absolute atomic E-state index is 13.7. The van der Waals surface area contributed by atoms with Crippen molar-refractivity contribution in [2.24, 2.45) is 0 Å². The van der Waals surface area contributed by atoms with E-state index in [0.717, 1.165) is 22.3 Å². The van der Waals surface area contributed by atoms with Crippen LogP contribution >= 0.6 is 15.9 Å². The van der Waals surface area contributed by atoms with Gasteiger partial charge in [-0.3, -0.25) is 4.90 Å². The van der Waals surface area contributed by atoms with Gasteiger partial charge in [-0.15, -0.1) is 0 Å². The summed E-state index contributed by atoms with van der Waals surface area (Å²) in [7, 11) is 1.97. The van der Waals surface area contributed by atoms with Crippen molar-refractivity contribution in [2.45, 2.75) is 20.0 Å². The molecule has 0 saturated heterocycles. The molecule has 1 heterocycles. The maximum Gasteiger partial charge on any atom is 0.128 e. The first-order valence-corrected chi connectivity index (χ1v) is 6.51. The molecule has 0 fully saturated rings. The monoisotopic (exact) mass is 311 g/mol. The zero-order chi connectivity index (χ0) is 13.1. The van der Waals surface area contributed by atoms with E-state index in [1.165, 1.54) is 6.07 Å². The Balaban J connectivity index is 2.03. The molecule has 0 spiro atoms. The summed E-state index contributed by atoms with van der Waals surface area (Å²) in [6.07, 6.45) is 1.68. The minimum atomic E-state index is -0.180. The van der Waals surface area contributed by atoms with Crippen LogP contribution in [-0.2, 0) is 13.1 Å². The van der Waals surface area contributed by atoms with E-state index in [9.17, 15) is 4.39 Å². The van der Waals surface area contributed by atoms with Gasteiger partial charge in [0.15, 0.2) is 0 Å². The summed E-state index contributed by atoms with van der Waals surface area (Å²) < 4.78 is 19.7. The van der Waals surface area contributed by atoms with Crippen molar-refractivity contribution >= 4 is 15.9 Å². The first-order chi connectivity index (χ1) is 8.56. The van der Waals surface area contributed by atoms with Crippen LogP contribution in [0.25, 0.3) is 0 Å². The van der Waals surface area contributed by atoms with E-state index in [1.54, 1.807) is 12.3 Å². The number of benzene rings is 1. The Morgan fingerprint density at radius 3 is 2.56 bits per heavy atom. The van der Waals surface area contributed by atoms with E-state index in [1.807, 2.05) is 26.1 Å². The molecule has 0 atom stereocenters. The van der Waals surface area contributed by atoms with Crippen LogP contribution in [0.1, 0.15) is 16.9 Å². The minimum absolute atomic E-state index is 0.180. The second-order valence-corrected chi connectivity index (χ2v) is 5.33. The SMILES string of the molecule is Cc1occc1CN(C)Cc1ccc(Br)cc1F. The average molecular weight is 312 g/mol. The van der Waals surface area contributed by atoms with E-state index in [2.05, 4.69) is 20.8 Å². The lowest BCUT2D eigenvalue weighted by atomic mass is 10.2. The molecule has 2 aromatic rings. The molecule has 4 heteroatoms. The lowest BCUT2D eigenvalue weighted by Crippen LogP contribution is -2.18. The fraction of sp³-hybridized carbons (Fsp3) is 0.286. The predicted molar refractivity (Wildman–Crippen MR) is 72.7 cm³/mol. The number of aryl methyl sites for hydroxylation is 1. The van der Waals surface area contributed by atoms with Gasteiger partial charge in [0.2, 0.25) is 0 Å². The summed E-state index contributed by atoms with van der Waals surface area (Å²) >= 11 is 3.25. The summed E-state index contributed by atoms with van der Waals surface area (Å²) in [5.74, 6) is 0.735. The van der Waals surface area contributed by atoms with E-state index in [4.69, 9.17) is 4.42 Å². The fourth-order valence-electron chi connectivity index (χ4n) is 1.86. The summed E-state index contributed by atoms with van der Waals surface area (Å²) in [5.41, 5.74) is 1.83. The topological polar surface area (TPSA) is 16.4 Å². The smallest absolute Gasteiger partial charge is 0.128 e. The van der Waals surface area contributed by atoms with Crippen LogP contribution in [0.15, 0.2) is 39.4 Å². The first kappa shape index (κ1) is 13.3. The van der Waals surface area contributed by atoms with Crippen molar-refractivity contribution in [3.8, 4) is 0 Å². The molecule has 96 valence electrons. The van der Waals surface area contributed by atoms with Crippen molar-refractivity contribution in [2.75, 3.05) is 7.05 Å². The van der Waals surface area contributed by atoms with Gasteiger partial charge >= 0.3 is 0 Å². The Morgan fingerprint density at radius 1 is 1.22 bits per heavy atom. The number of hydrogen-bond donors (Lipinski definition) is 0. The molecule has 0 radical (unpaired) electrons. The van der Waals surface area contributed by atoms with Crippen molar-refractivity contribution in [1.29, 1.82) is 0 Å². The Morgan fingerprint density at radius 2 is 1.94 bits per heavy atom. The lowest BCUT2D eigenvalue weighted by Gasteiger charge is -2.16. The quantitative estimate of drug-likeness (QED) is 0.844. The molecular weight excluding hydrogens is 297 g/mol. The largest absolute Gasteiger partial charge is 0.469 e. The molecule has 0 aliphatic rings. The third-order valence-electron chi connectivity index (χ3n) is 2.86. The van der Waals surface area contributed by atoms with E-state index in [0.29, 0.717) is 12.1 Å². The van der Waals surface area contributed by atoms with Gasteiger partial charge in [0.25, 0.3) is 0 Å². The van der Waals surface area contributed by atoms with Gasteiger partial charge in [0, 0.05) is 28.7 Å². The van der Waals surface area contributed by atoms with Crippen LogP contribution in [-0.4, -0.2) is 11.9 Å². The molecule has 0 N–H and O–H groups in total. The zero-order valence-corrected chi connectivity index (χ0v) is 12.0. The molecule has 0 bridgehead atoms. The van der Waals surface area contributed by atoms with Gasteiger partial charge in [-0.25, -0.2) is 4.39 Å². The van der Waals surface area contributed by atoms with E-state index < -0.39 is 0 Å². The van der Waals surface area contributed by atoms with Crippen LogP contribution in [0.3, 0.4) is 0 Å². The Labute approximate surface area is 115 Å². The Bertz CT molecular complexity index is 538. The van der Waals surface area contributed by atoms with Gasteiger partial charge in [-0.2, -0.15) is 0 Å². The lowest BCUT2D eigenvalue weighted by molar-refractivity contribution is 0.311. The second kappa shape index (κ2) is 5.67. The zero-order valence-electron chi connectivity index (χ0n) is 10.4. The standard InChI is InChI=1S/C14H15BrFNO/c1-10-11(5-6-18-10)8-17(2)9-12-3-4-13(15)7-14(12)16/h3-7H,8-9H2,1-2H3. The summed E-state index contributed by atoms with van der Waals surface area (Å²) in [6.45, 7) is 3.25. The molecule has 2 nitrogen and oxygen atoms in total. The van der Waals surface area contributed by atoms with Crippen molar-refractivity contribution < 1.29 is 8.81 Å². The molecule has 1 aromatic heterocycles. The van der Waals surface area contributed by atoms with Crippen LogP contribution < -0.4 is 0 Å². The van der Waals surface area contributed by atoms with Gasteiger partial charge in [0.1, 0.15) is 11.6 Å². The third-order valence-corrected chi connectivity index (χ3v) is 3.36. The molecular formula is C14H15BrFNO. The molecule has 0 saturated carbocycles. The predicted octanol–water partition coefficient (Wildman–Crippen LogP) is 4.12. The summed E-state index contributed by atoms with van der Waals surface area (Å²) in [5, 5.41) is 0. The highest BCUT2D eigenvalue weighted by atomic mass is 79.9. The van der Waals surface area contributed by atoms with Crippen molar-refractivity contribution in [3.63, 3.8) is 0 Å². The summed E-state index contributed by atoms with van der Waals surface area (Å²) in [6, 6.07) is 7.10. The van der Waals surface area contributed by atoms with Gasteiger partial charge in [0.05, 0.1) is 6.26 Å². The van der Waals surface area contributed by atoms with Crippen LogP contribution in [0.5, 0.6) is 0 Å². The Hall–Kier alpha value is -1.13. The molecule has 0 amide bonds. The normalized spacial score (nSPS) is 11.2. The fourth-order valence-corrected chi connectivity index (χ4v) is 2.20. The molecule has 0 aliphatic heterocycles. The van der Waals surface area contributed by atoms with Gasteiger partial charge in [-0.1, -0.05) is 22.0 Å². The molecule has 0 aliphatic carbocycles. The maximum atomic E-state index is 13.7. The van der Waals surface area contributed by atoms with Crippen LogP contribution in [0.2, 0.25) is 0 Å². The van der Waals surface area contributed by atoms with E-state index >= 15 is 0 Å². The first-order valence-electron chi connectivity index (χ1n) is 5.71. The Kier molecular flexibility index (Phi) is 4.19. The number of nitrogens with zero attached hydrogens (tertiary/aromatic N) is 1. The number of furan rings is 1. The number of halogens is 2. The van der Waals surface area contributed by atoms with Crippen molar-refractivity contribution in [1.82, 2.24) is 4.90 Å². The highest BCUT2D eigenvalue weighted by Crippen LogP contribution is 2.18. The van der Waals surface area contributed by atoms with Gasteiger partial charge in [-0.05, 0) is 32.2 Å². The van der Waals surface area contributed by atoms with Gasteiger partial charge < -0.3 is 4.42 Å². The molecule has 18 heavy (non-hydrogen) atoms. The van der Waals surface area contributed by atoms with E-state index in [-0.39, 0.29) is 5.82 Å². The summed E-state index contributed by atoms with van der Waals surface area (Å²) in [4.78, 5) is 2.06. The second-order valence-electron chi connectivity index (χ2n) is 4.41. The number of rotatable bonds is 4. The van der Waals surface area contributed by atoms with Crippen LogP contribution in [0, 0.1) is 12.7 Å². The van der Waals surface area contributed by atoms with Crippen molar-refractivity contribution in [3.05, 3.63) is 57.7 Å². The molecule has 0 unspecified atom stereocenters.